The van der Waals surface area contributed by atoms with Crippen LogP contribution in [0.2, 0.25) is 0 Å². The second-order valence-corrected chi connectivity index (χ2v) is 4.78. The van der Waals surface area contributed by atoms with Gasteiger partial charge in [-0.1, -0.05) is 25.0 Å². The minimum Gasteiger partial charge on any atom is -0.595 e. The molecule has 0 bridgehead atoms. The summed E-state index contributed by atoms with van der Waals surface area (Å²) in [7, 11) is 0. The van der Waals surface area contributed by atoms with Crippen LogP contribution >= 0.6 is 0 Å². The first-order valence-corrected chi connectivity index (χ1v) is 5.41. The Morgan fingerprint density at radius 2 is 1.19 bits per heavy atom. The summed E-state index contributed by atoms with van der Waals surface area (Å²) < 4.78 is 0. The summed E-state index contributed by atoms with van der Waals surface area (Å²) in [6.07, 6.45) is 0. The van der Waals surface area contributed by atoms with Crippen LogP contribution in [-0.2, 0) is 42.3 Å². The molecule has 85 valence electrons. The normalized spacial score (nSPS) is 38.0. The third kappa shape index (κ3) is 1.82. The molecular weight excluding hydrogens is 279 g/mol. The number of rotatable bonds is 0. The SMILES string of the molecule is CC1=C(C)C(C)C2C(=O)[N-]C(=O)C2C1C.[Y]. The van der Waals surface area contributed by atoms with Crippen LogP contribution in [0.4, 0.5) is 0 Å². The average Bonchev–Trinajstić information content (AvgIpc) is 2.47. The molecule has 2 amide bonds. The van der Waals surface area contributed by atoms with Gasteiger partial charge in [0.15, 0.2) is 0 Å². The zero-order valence-electron chi connectivity index (χ0n) is 10.2. The van der Waals surface area contributed by atoms with Crippen molar-refractivity contribution in [2.45, 2.75) is 27.7 Å². The van der Waals surface area contributed by atoms with Gasteiger partial charge in [0, 0.05) is 44.5 Å². The van der Waals surface area contributed by atoms with E-state index in [0.29, 0.717) is 0 Å². The van der Waals surface area contributed by atoms with E-state index in [1.165, 1.54) is 11.1 Å². The number of hydrogen-bond donors (Lipinski definition) is 0. The van der Waals surface area contributed by atoms with Crippen LogP contribution in [0.25, 0.3) is 5.32 Å². The number of nitrogens with zero attached hydrogens (tertiary/aromatic N) is 1. The number of imide groups is 1. The molecule has 2 aliphatic rings. The third-order valence-electron chi connectivity index (χ3n) is 4.24. The summed E-state index contributed by atoms with van der Waals surface area (Å²) in [5.41, 5.74) is 2.50. The van der Waals surface area contributed by atoms with E-state index < -0.39 is 0 Å². The number of fused-ring (bicyclic) bond motifs is 1. The van der Waals surface area contributed by atoms with Gasteiger partial charge in [0.1, 0.15) is 0 Å². The molecule has 1 fully saturated rings. The number of hydrogen-bond acceptors (Lipinski definition) is 2. The van der Waals surface area contributed by atoms with E-state index in [2.05, 4.69) is 19.2 Å². The molecule has 16 heavy (non-hydrogen) atoms. The van der Waals surface area contributed by atoms with Gasteiger partial charge in [0.2, 0.25) is 0 Å². The second-order valence-electron chi connectivity index (χ2n) is 4.78. The maximum Gasteiger partial charge on any atom is 0.0609 e. The zero-order chi connectivity index (χ0) is 11.3. The zero-order valence-corrected chi connectivity index (χ0v) is 13.0. The van der Waals surface area contributed by atoms with E-state index in [-0.39, 0.29) is 68.2 Å². The molecule has 0 aromatic heterocycles. The summed E-state index contributed by atoms with van der Waals surface area (Å²) in [5, 5.41) is 3.60. The van der Waals surface area contributed by atoms with Crippen molar-refractivity contribution in [1.29, 1.82) is 0 Å². The smallest absolute Gasteiger partial charge is 0.0609 e. The Balaban J connectivity index is 0.00000128. The fourth-order valence-electron chi connectivity index (χ4n) is 2.87. The Labute approximate surface area is 121 Å². The maximum atomic E-state index is 11.6. The molecule has 1 heterocycles. The maximum absolute atomic E-state index is 11.6. The largest absolute Gasteiger partial charge is 0.595 e. The van der Waals surface area contributed by atoms with Crippen LogP contribution in [0.15, 0.2) is 11.1 Å². The number of carbonyl (C=O) groups excluding carboxylic acids is 2. The Hall–Kier alpha value is -0.0161. The molecule has 1 aliphatic carbocycles. The summed E-state index contributed by atoms with van der Waals surface area (Å²) >= 11 is 0. The van der Waals surface area contributed by atoms with Crippen LogP contribution in [0.3, 0.4) is 0 Å². The molecule has 0 aromatic rings. The summed E-state index contributed by atoms with van der Waals surface area (Å²) in [5.74, 6) is -0.498. The fraction of sp³-hybridized carbons (Fsp3) is 0.667. The Morgan fingerprint density at radius 1 is 0.875 bits per heavy atom. The van der Waals surface area contributed by atoms with Crippen molar-refractivity contribution >= 4 is 11.8 Å². The molecule has 3 nitrogen and oxygen atoms in total. The third-order valence-corrected chi connectivity index (χ3v) is 4.24. The van der Waals surface area contributed by atoms with Gasteiger partial charge in [-0.15, -0.1) is 0 Å². The Morgan fingerprint density at radius 3 is 1.50 bits per heavy atom. The molecule has 1 saturated heterocycles. The first-order chi connectivity index (χ1) is 6.95. The van der Waals surface area contributed by atoms with Gasteiger partial charge in [0.05, 0.1) is 11.8 Å². The molecule has 0 spiro atoms. The van der Waals surface area contributed by atoms with Crippen LogP contribution in [0.1, 0.15) is 27.7 Å². The standard InChI is InChI=1S/C12H17NO2.Y/c1-5-6(2)8(4)10-9(7(5)3)11(14)13-12(10)15;/h7-10H,1-4H3,(H,13,14,15);/p-1. The molecule has 4 atom stereocenters. The van der Waals surface area contributed by atoms with Crippen molar-refractivity contribution in [2.24, 2.45) is 23.7 Å². The summed E-state index contributed by atoms with van der Waals surface area (Å²) in [4.78, 5) is 23.2. The van der Waals surface area contributed by atoms with Gasteiger partial charge < -0.3 is 14.9 Å². The number of allylic oxidation sites excluding steroid dienone is 2. The predicted molar refractivity (Wildman–Crippen MR) is 57.1 cm³/mol. The van der Waals surface area contributed by atoms with Crippen molar-refractivity contribution < 1.29 is 42.3 Å². The molecule has 4 unspecified atom stereocenters. The van der Waals surface area contributed by atoms with E-state index in [0.717, 1.165) is 0 Å². The molecule has 4 heteroatoms. The molecule has 1 aliphatic heterocycles. The second kappa shape index (κ2) is 4.69. The molecule has 0 aromatic carbocycles. The van der Waals surface area contributed by atoms with Crippen LogP contribution in [0, 0.1) is 23.7 Å². The van der Waals surface area contributed by atoms with E-state index >= 15 is 0 Å². The monoisotopic (exact) mass is 295 g/mol. The predicted octanol–water partition coefficient (Wildman–Crippen LogP) is 2.28. The average molecular weight is 295 g/mol. The van der Waals surface area contributed by atoms with E-state index in [9.17, 15) is 9.59 Å². The van der Waals surface area contributed by atoms with Crippen LogP contribution < -0.4 is 0 Å². The van der Waals surface area contributed by atoms with Crippen molar-refractivity contribution in [3.63, 3.8) is 0 Å². The van der Waals surface area contributed by atoms with E-state index in [1.54, 1.807) is 0 Å². The fourth-order valence-corrected chi connectivity index (χ4v) is 2.87. The summed E-state index contributed by atoms with van der Waals surface area (Å²) in [6, 6.07) is 0. The van der Waals surface area contributed by atoms with Crippen molar-refractivity contribution in [2.75, 3.05) is 0 Å². The number of carbonyl (C=O) groups is 2. The minimum atomic E-state index is -0.212. The Kier molecular flexibility index (Phi) is 4.12. The van der Waals surface area contributed by atoms with Gasteiger partial charge >= 0.3 is 0 Å². The van der Waals surface area contributed by atoms with E-state index in [4.69, 9.17) is 0 Å². The van der Waals surface area contributed by atoms with Crippen LogP contribution in [0.5, 0.6) is 0 Å². The molecule has 1 radical (unpaired) electrons. The van der Waals surface area contributed by atoms with Crippen LogP contribution in [-0.4, -0.2) is 11.8 Å². The quantitative estimate of drug-likeness (QED) is 0.508. The van der Waals surface area contributed by atoms with Gasteiger partial charge in [-0.25, -0.2) is 0 Å². The van der Waals surface area contributed by atoms with Gasteiger partial charge in [-0.3, -0.25) is 0 Å². The Bertz CT molecular complexity index is 341. The first kappa shape index (κ1) is 14.0. The molecule has 0 N–H and O–H groups in total. The van der Waals surface area contributed by atoms with Gasteiger partial charge in [0.25, 0.3) is 0 Å². The molecular formula is C12H16NO2Y-. The van der Waals surface area contributed by atoms with Crippen molar-refractivity contribution in [3.05, 3.63) is 16.5 Å². The van der Waals surface area contributed by atoms with Crippen molar-refractivity contribution in [1.82, 2.24) is 0 Å². The van der Waals surface area contributed by atoms with Crippen molar-refractivity contribution in [3.8, 4) is 0 Å². The first-order valence-electron chi connectivity index (χ1n) is 5.41. The number of amides is 2. The minimum absolute atomic E-state index is 0. The van der Waals surface area contributed by atoms with E-state index in [1.807, 2.05) is 13.8 Å². The van der Waals surface area contributed by atoms with Gasteiger partial charge in [-0.2, -0.15) is 0 Å². The van der Waals surface area contributed by atoms with Gasteiger partial charge in [-0.05, 0) is 25.7 Å². The molecule has 2 rings (SSSR count). The topological polar surface area (TPSA) is 48.2 Å². The molecule has 0 saturated carbocycles. The summed E-state index contributed by atoms with van der Waals surface area (Å²) in [6.45, 7) is 8.16.